The lowest BCUT2D eigenvalue weighted by Crippen LogP contribution is -2.60. The number of piperidine rings is 1. The number of hydrogen-bond acceptors (Lipinski definition) is 11. The monoisotopic (exact) mass is 619 g/mol. The van der Waals surface area contributed by atoms with Crippen molar-refractivity contribution >= 4 is 11.8 Å². The number of hydrogen-bond donors (Lipinski definition) is 9. The first-order valence-corrected chi connectivity index (χ1v) is 16.3. The highest BCUT2D eigenvalue weighted by atomic mass is 16.7. The Bertz CT molecular complexity index is 770. The van der Waals surface area contributed by atoms with Gasteiger partial charge in [-0.1, -0.05) is 51.9 Å². The molecule has 0 spiro atoms. The topological polar surface area (TPSA) is 210 Å². The molecule has 2 rings (SSSR count). The number of amides is 2. The van der Waals surface area contributed by atoms with Crippen molar-refractivity contribution in [3.8, 4) is 0 Å². The molecular weight excluding hydrogens is 562 g/mol. The van der Waals surface area contributed by atoms with Gasteiger partial charge in [0.15, 0.2) is 6.29 Å². The molecule has 0 aromatic rings. The molecule has 252 valence electrons. The van der Waals surface area contributed by atoms with Crippen LogP contribution in [0.3, 0.4) is 0 Å². The smallest absolute Gasteiger partial charge is 0.223 e. The number of ether oxygens (including phenoxy) is 2. The summed E-state index contributed by atoms with van der Waals surface area (Å²) in [5, 5.41) is 69.1. The average molecular weight is 620 g/mol. The zero-order chi connectivity index (χ0) is 31.6. The lowest BCUT2D eigenvalue weighted by molar-refractivity contribution is -0.303. The van der Waals surface area contributed by atoms with Crippen molar-refractivity contribution in [3.05, 3.63) is 0 Å². The molecule has 0 radical (unpaired) electrons. The highest BCUT2D eigenvalue weighted by Crippen LogP contribution is 2.22. The molecule has 2 aliphatic rings. The third-order valence-electron chi connectivity index (χ3n) is 8.45. The van der Waals surface area contributed by atoms with Gasteiger partial charge >= 0.3 is 0 Å². The van der Waals surface area contributed by atoms with Crippen molar-refractivity contribution in [2.45, 2.75) is 139 Å². The number of carbonyl (C=O) groups is 2. The highest BCUT2D eigenvalue weighted by molar-refractivity contribution is 5.78. The second-order valence-corrected chi connectivity index (χ2v) is 11.9. The Morgan fingerprint density at radius 2 is 1.51 bits per heavy atom. The Morgan fingerprint density at radius 1 is 0.907 bits per heavy atom. The molecular formula is C30H57N3O10. The molecule has 0 aromatic heterocycles. The molecule has 0 aromatic carbocycles. The summed E-state index contributed by atoms with van der Waals surface area (Å²) in [5.74, 6) is 0.0484. The van der Waals surface area contributed by atoms with Crippen LogP contribution in [0.25, 0.3) is 0 Å². The third-order valence-corrected chi connectivity index (χ3v) is 8.45. The fourth-order valence-electron chi connectivity index (χ4n) is 5.51. The Balaban J connectivity index is 1.57. The molecule has 2 aliphatic heterocycles. The number of rotatable bonds is 21. The van der Waals surface area contributed by atoms with Gasteiger partial charge < -0.3 is 56.1 Å². The predicted octanol–water partition coefficient (Wildman–Crippen LogP) is -0.564. The van der Waals surface area contributed by atoms with Crippen LogP contribution in [-0.4, -0.2) is 124 Å². The largest absolute Gasteiger partial charge is 0.394 e. The van der Waals surface area contributed by atoms with E-state index in [4.69, 9.17) is 9.47 Å². The molecule has 13 nitrogen and oxygen atoms in total. The zero-order valence-electron chi connectivity index (χ0n) is 25.7. The molecule has 0 aliphatic carbocycles. The number of aliphatic hydroxyl groups excluding tert-OH is 6. The second kappa shape index (κ2) is 21.3. The maximum absolute atomic E-state index is 12.6. The number of nitrogens with one attached hydrogen (secondary N) is 3. The molecule has 3 unspecified atom stereocenters. The predicted molar refractivity (Wildman–Crippen MR) is 159 cm³/mol. The van der Waals surface area contributed by atoms with Crippen LogP contribution in [0.5, 0.6) is 0 Å². The summed E-state index contributed by atoms with van der Waals surface area (Å²) in [6, 6.07) is -1.01. The van der Waals surface area contributed by atoms with Gasteiger partial charge in [-0.3, -0.25) is 9.59 Å². The summed E-state index contributed by atoms with van der Waals surface area (Å²) in [5.41, 5.74) is 0. The minimum Gasteiger partial charge on any atom is -0.394 e. The van der Waals surface area contributed by atoms with Crippen LogP contribution in [0.1, 0.15) is 90.4 Å². The van der Waals surface area contributed by atoms with Crippen LogP contribution in [-0.2, 0) is 19.1 Å². The maximum Gasteiger partial charge on any atom is 0.223 e. The summed E-state index contributed by atoms with van der Waals surface area (Å²) >= 11 is 0. The van der Waals surface area contributed by atoms with Crippen LogP contribution < -0.4 is 16.0 Å². The average Bonchev–Trinajstić information content (AvgIpc) is 3.02. The Kier molecular flexibility index (Phi) is 18.7. The van der Waals surface area contributed by atoms with Crippen LogP contribution in [0.15, 0.2) is 0 Å². The first-order chi connectivity index (χ1) is 20.7. The van der Waals surface area contributed by atoms with Crippen molar-refractivity contribution < 1.29 is 49.7 Å². The first kappa shape index (κ1) is 37.8. The van der Waals surface area contributed by atoms with Crippen LogP contribution >= 0.6 is 0 Å². The molecule has 2 fully saturated rings. The van der Waals surface area contributed by atoms with E-state index in [-0.39, 0.29) is 37.2 Å². The summed E-state index contributed by atoms with van der Waals surface area (Å²) in [6.45, 7) is 3.33. The highest BCUT2D eigenvalue weighted by Gasteiger charge is 2.44. The van der Waals surface area contributed by atoms with E-state index in [0.717, 1.165) is 83.8 Å². The molecule has 8 atom stereocenters. The van der Waals surface area contributed by atoms with Crippen molar-refractivity contribution in [3.63, 3.8) is 0 Å². The maximum atomic E-state index is 12.6. The molecule has 9 N–H and O–H groups in total. The van der Waals surface area contributed by atoms with Gasteiger partial charge in [-0.25, -0.2) is 0 Å². The molecule has 43 heavy (non-hydrogen) atoms. The van der Waals surface area contributed by atoms with E-state index in [2.05, 4.69) is 16.0 Å². The minimum absolute atomic E-state index is 0.161. The van der Waals surface area contributed by atoms with Crippen LogP contribution in [0.2, 0.25) is 0 Å². The van der Waals surface area contributed by atoms with E-state index in [1.54, 1.807) is 6.92 Å². The zero-order valence-corrected chi connectivity index (χ0v) is 25.7. The molecule has 13 heteroatoms. The van der Waals surface area contributed by atoms with Gasteiger partial charge in [-0.05, 0) is 45.2 Å². The lowest BCUT2D eigenvalue weighted by atomic mass is 9.97. The van der Waals surface area contributed by atoms with Crippen molar-refractivity contribution in [1.29, 1.82) is 0 Å². The van der Waals surface area contributed by atoms with E-state index >= 15 is 0 Å². The van der Waals surface area contributed by atoms with Gasteiger partial charge in [-0.15, -0.1) is 0 Å². The third kappa shape index (κ3) is 13.6. The summed E-state index contributed by atoms with van der Waals surface area (Å²) < 4.78 is 10.8. The second-order valence-electron chi connectivity index (χ2n) is 11.9. The molecule has 0 saturated carbocycles. The van der Waals surface area contributed by atoms with E-state index < -0.39 is 55.6 Å². The summed E-state index contributed by atoms with van der Waals surface area (Å²) in [6.07, 6.45) is 1.75. The van der Waals surface area contributed by atoms with Crippen molar-refractivity contribution in [2.24, 2.45) is 5.92 Å². The first-order valence-electron chi connectivity index (χ1n) is 16.3. The van der Waals surface area contributed by atoms with E-state index in [0.29, 0.717) is 6.42 Å². The van der Waals surface area contributed by atoms with Gasteiger partial charge in [0.25, 0.3) is 0 Å². The number of unbranched alkanes of at least 4 members (excludes halogenated alkanes) is 8. The van der Waals surface area contributed by atoms with Gasteiger partial charge in [0.2, 0.25) is 11.8 Å². The van der Waals surface area contributed by atoms with E-state index in [1.165, 1.54) is 0 Å². The fraction of sp³-hybridized carbons (Fsp3) is 0.933. The van der Waals surface area contributed by atoms with E-state index in [1.807, 2.05) is 0 Å². The quantitative estimate of drug-likeness (QED) is 0.0743. The Labute approximate surface area is 255 Å². The van der Waals surface area contributed by atoms with Gasteiger partial charge in [-0.2, -0.15) is 0 Å². The Hall–Kier alpha value is -1.42. The molecule has 0 bridgehead atoms. The Morgan fingerprint density at radius 3 is 2.12 bits per heavy atom. The van der Waals surface area contributed by atoms with Gasteiger partial charge in [0.1, 0.15) is 30.5 Å². The minimum atomic E-state index is -1.61. The van der Waals surface area contributed by atoms with Crippen molar-refractivity contribution in [2.75, 3.05) is 32.8 Å². The summed E-state index contributed by atoms with van der Waals surface area (Å²) in [4.78, 5) is 24.7. The lowest BCUT2D eigenvalue weighted by Gasteiger charge is -2.40. The standard InChI is InChI=1S/C30H57N3O10/c1-2-22(35)25(37)21(19-42-30-28(40)27(39)26(38)23(18-34)43-30)33-24(36)12-10-8-6-4-3-5-7-9-11-15-32-29(41)20-13-16-31-17-14-20/h20-23,25-28,30-31,34-35,37-40H,2-19H2,1H3,(H,32,41)(H,33,36)/t21-,22+,23?,25-,26-,27?,28?,30-/m0/s1. The summed E-state index contributed by atoms with van der Waals surface area (Å²) in [7, 11) is 0. The fourth-order valence-corrected chi connectivity index (χ4v) is 5.51. The van der Waals surface area contributed by atoms with Crippen LogP contribution in [0.4, 0.5) is 0 Å². The molecule has 2 heterocycles. The van der Waals surface area contributed by atoms with Crippen LogP contribution in [0, 0.1) is 5.92 Å². The number of carbonyl (C=O) groups excluding carboxylic acids is 2. The molecule has 2 amide bonds. The normalized spacial score (nSPS) is 26.9. The van der Waals surface area contributed by atoms with Gasteiger partial charge in [0.05, 0.1) is 25.4 Å². The van der Waals surface area contributed by atoms with E-state index in [9.17, 15) is 40.2 Å². The molecule has 2 saturated heterocycles. The SMILES string of the molecule is CC[C@@H](O)[C@@H](O)[C@H](CO[C@H]1OC(CO)[C@H](O)C(O)C1O)NC(=O)CCCCCCCCCCCNC(=O)C1CCNCC1. The number of aliphatic hydroxyl groups is 6. The van der Waals surface area contributed by atoms with Gasteiger partial charge in [0, 0.05) is 18.9 Å². The van der Waals surface area contributed by atoms with Crippen molar-refractivity contribution in [1.82, 2.24) is 16.0 Å².